The topological polar surface area (TPSA) is 98.5 Å². The quantitative estimate of drug-likeness (QED) is 0.487. The van der Waals surface area contributed by atoms with Crippen LogP contribution >= 0.6 is 0 Å². The number of benzene rings is 2. The molecule has 0 spiro atoms. The molecule has 0 saturated heterocycles. The molecule has 0 unspecified atom stereocenters. The zero-order valence-electron chi connectivity index (χ0n) is 14.9. The van der Waals surface area contributed by atoms with Gasteiger partial charge < -0.3 is 10.1 Å². The second-order valence-electron chi connectivity index (χ2n) is 6.05. The van der Waals surface area contributed by atoms with E-state index in [2.05, 4.69) is 5.32 Å². The molecule has 2 aromatic rings. The third-order valence-electron chi connectivity index (χ3n) is 3.83. The summed E-state index contributed by atoms with van der Waals surface area (Å²) in [5.74, 6) is -1.16. The number of ether oxygens (including phenoxy) is 1. The molecular formula is C19H20N2O5. The first-order chi connectivity index (χ1) is 12.3. The largest absolute Gasteiger partial charge is 0.455 e. The molecule has 2 aromatic carbocycles. The maximum Gasteiger partial charge on any atom is 0.311 e. The molecule has 2 rings (SSSR count). The van der Waals surface area contributed by atoms with Crippen LogP contribution in [-0.2, 0) is 20.7 Å². The SMILES string of the molecule is Cc1cc(C)c(NC(=O)COC(=O)Cc2ccccc2[N+](=O)[O-])c(C)c1. The molecule has 1 amide bonds. The van der Waals surface area contributed by atoms with Gasteiger partial charge in [-0.2, -0.15) is 0 Å². The highest BCUT2D eigenvalue weighted by atomic mass is 16.6. The molecule has 0 bridgehead atoms. The van der Waals surface area contributed by atoms with Crippen LogP contribution in [0.25, 0.3) is 0 Å². The van der Waals surface area contributed by atoms with Gasteiger partial charge in [0.15, 0.2) is 6.61 Å². The van der Waals surface area contributed by atoms with E-state index < -0.39 is 23.4 Å². The van der Waals surface area contributed by atoms with Crippen molar-refractivity contribution in [2.45, 2.75) is 27.2 Å². The Morgan fingerprint density at radius 1 is 1.12 bits per heavy atom. The minimum Gasteiger partial charge on any atom is -0.455 e. The summed E-state index contributed by atoms with van der Waals surface area (Å²) in [6.07, 6.45) is -0.271. The van der Waals surface area contributed by atoms with Gasteiger partial charge in [0.1, 0.15) is 0 Å². The number of para-hydroxylation sites is 1. The van der Waals surface area contributed by atoms with Crippen LogP contribution in [0.5, 0.6) is 0 Å². The monoisotopic (exact) mass is 356 g/mol. The highest BCUT2D eigenvalue weighted by molar-refractivity contribution is 5.94. The van der Waals surface area contributed by atoms with Gasteiger partial charge in [0, 0.05) is 17.3 Å². The number of nitro groups is 1. The number of carbonyl (C=O) groups is 2. The molecule has 0 radical (unpaired) electrons. The molecule has 0 aliphatic rings. The normalized spacial score (nSPS) is 10.3. The molecule has 0 aliphatic carbocycles. The number of nitrogens with one attached hydrogen (secondary N) is 1. The van der Waals surface area contributed by atoms with E-state index in [4.69, 9.17) is 4.74 Å². The fourth-order valence-electron chi connectivity index (χ4n) is 2.74. The number of carbonyl (C=O) groups excluding carboxylic acids is 2. The van der Waals surface area contributed by atoms with Crippen molar-refractivity contribution in [2.24, 2.45) is 0 Å². The molecule has 7 nitrogen and oxygen atoms in total. The molecular weight excluding hydrogens is 336 g/mol. The van der Waals surface area contributed by atoms with Gasteiger partial charge in [-0.25, -0.2) is 0 Å². The summed E-state index contributed by atoms with van der Waals surface area (Å²) in [4.78, 5) is 34.3. The second-order valence-corrected chi connectivity index (χ2v) is 6.05. The average Bonchev–Trinajstić information content (AvgIpc) is 2.56. The Labute approximate surface area is 151 Å². The lowest BCUT2D eigenvalue weighted by Gasteiger charge is -2.13. The summed E-state index contributed by atoms with van der Waals surface area (Å²) in [6.45, 7) is 5.29. The van der Waals surface area contributed by atoms with Crippen molar-refractivity contribution in [3.05, 3.63) is 68.8 Å². The average molecular weight is 356 g/mol. The van der Waals surface area contributed by atoms with Crippen LogP contribution in [-0.4, -0.2) is 23.4 Å². The van der Waals surface area contributed by atoms with Crippen LogP contribution in [0.3, 0.4) is 0 Å². The number of hydrogen-bond donors (Lipinski definition) is 1. The smallest absolute Gasteiger partial charge is 0.311 e. The van der Waals surface area contributed by atoms with Gasteiger partial charge in [0.2, 0.25) is 0 Å². The summed E-state index contributed by atoms with van der Waals surface area (Å²) in [5, 5.41) is 13.7. The Hall–Kier alpha value is -3.22. The van der Waals surface area contributed by atoms with Gasteiger partial charge in [-0.15, -0.1) is 0 Å². The number of hydrogen-bond acceptors (Lipinski definition) is 5. The van der Waals surface area contributed by atoms with Gasteiger partial charge in [0.05, 0.1) is 11.3 Å². The highest BCUT2D eigenvalue weighted by Crippen LogP contribution is 2.22. The van der Waals surface area contributed by atoms with Crippen LogP contribution in [0.15, 0.2) is 36.4 Å². The van der Waals surface area contributed by atoms with E-state index in [9.17, 15) is 19.7 Å². The van der Waals surface area contributed by atoms with Crippen LogP contribution in [0, 0.1) is 30.9 Å². The van der Waals surface area contributed by atoms with Gasteiger partial charge in [-0.3, -0.25) is 19.7 Å². The number of amides is 1. The predicted molar refractivity (Wildman–Crippen MR) is 97.0 cm³/mol. The number of anilines is 1. The van der Waals surface area contributed by atoms with Crippen molar-refractivity contribution in [2.75, 3.05) is 11.9 Å². The first-order valence-electron chi connectivity index (χ1n) is 8.03. The van der Waals surface area contributed by atoms with Crippen LogP contribution in [0.1, 0.15) is 22.3 Å². The molecule has 7 heteroatoms. The minimum absolute atomic E-state index is 0.153. The van der Waals surface area contributed by atoms with Gasteiger partial charge in [-0.1, -0.05) is 35.9 Å². The summed E-state index contributed by atoms with van der Waals surface area (Å²) in [5.41, 5.74) is 3.71. The second kappa shape index (κ2) is 8.24. The molecule has 136 valence electrons. The van der Waals surface area contributed by atoms with Crippen LogP contribution in [0.2, 0.25) is 0 Å². The van der Waals surface area contributed by atoms with E-state index in [0.29, 0.717) is 5.69 Å². The first-order valence-corrected chi connectivity index (χ1v) is 8.03. The van der Waals surface area contributed by atoms with Crippen molar-refractivity contribution in [3.8, 4) is 0 Å². The molecule has 0 saturated carbocycles. The third kappa shape index (κ3) is 4.89. The lowest BCUT2D eigenvalue weighted by Crippen LogP contribution is -2.22. The fraction of sp³-hybridized carbons (Fsp3) is 0.263. The molecule has 0 aliphatic heterocycles. The van der Waals surface area contributed by atoms with Crippen molar-refractivity contribution in [1.82, 2.24) is 0 Å². The van der Waals surface area contributed by atoms with Crippen molar-refractivity contribution >= 4 is 23.3 Å². The highest BCUT2D eigenvalue weighted by Gasteiger charge is 2.17. The van der Waals surface area contributed by atoms with Gasteiger partial charge in [-0.05, 0) is 31.9 Å². The van der Waals surface area contributed by atoms with Crippen molar-refractivity contribution < 1.29 is 19.2 Å². The molecule has 0 aromatic heterocycles. The lowest BCUT2D eigenvalue weighted by molar-refractivity contribution is -0.385. The Kier molecular flexibility index (Phi) is 6.06. The van der Waals surface area contributed by atoms with Crippen LogP contribution in [0.4, 0.5) is 11.4 Å². The molecule has 26 heavy (non-hydrogen) atoms. The fourth-order valence-corrected chi connectivity index (χ4v) is 2.74. The molecule has 0 atom stereocenters. The van der Waals surface area contributed by atoms with E-state index in [1.165, 1.54) is 18.2 Å². The first kappa shape index (κ1) is 19.1. The van der Waals surface area contributed by atoms with E-state index in [0.717, 1.165) is 16.7 Å². The lowest BCUT2D eigenvalue weighted by atomic mass is 10.1. The Morgan fingerprint density at radius 2 is 1.73 bits per heavy atom. The van der Waals surface area contributed by atoms with Gasteiger partial charge >= 0.3 is 5.97 Å². The summed E-state index contributed by atoms with van der Waals surface area (Å²) >= 11 is 0. The molecule has 0 fully saturated rings. The number of rotatable bonds is 6. The van der Waals surface area contributed by atoms with Crippen molar-refractivity contribution in [1.29, 1.82) is 0 Å². The standard InChI is InChI=1S/C19H20N2O5/c1-12-8-13(2)19(14(3)9-12)20-17(22)11-26-18(23)10-15-6-4-5-7-16(15)21(24)25/h4-9H,10-11H2,1-3H3,(H,20,22). The maximum atomic E-state index is 12.0. The number of nitrogens with zero attached hydrogens (tertiary/aromatic N) is 1. The van der Waals surface area contributed by atoms with Crippen molar-refractivity contribution in [3.63, 3.8) is 0 Å². The number of esters is 1. The zero-order chi connectivity index (χ0) is 19.3. The third-order valence-corrected chi connectivity index (χ3v) is 3.83. The summed E-state index contributed by atoms with van der Waals surface area (Å²) < 4.78 is 4.94. The Bertz CT molecular complexity index is 838. The van der Waals surface area contributed by atoms with E-state index in [1.807, 2.05) is 32.9 Å². The molecule has 0 heterocycles. The Morgan fingerprint density at radius 3 is 2.35 bits per heavy atom. The van der Waals surface area contributed by atoms with E-state index in [-0.39, 0.29) is 17.7 Å². The zero-order valence-corrected chi connectivity index (χ0v) is 14.9. The summed E-state index contributed by atoms with van der Waals surface area (Å²) in [7, 11) is 0. The Balaban J connectivity index is 1.94. The summed E-state index contributed by atoms with van der Waals surface area (Å²) in [6, 6.07) is 9.82. The predicted octanol–water partition coefficient (Wildman–Crippen LogP) is 3.24. The maximum absolute atomic E-state index is 12.0. The van der Waals surface area contributed by atoms with E-state index in [1.54, 1.807) is 6.07 Å². The van der Waals surface area contributed by atoms with Crippen LogP contribution < -0.4 is 5.32 Å². The molecule has 1 N–H and O–H groups in total. The van der Waals surface area contributed by atoms with E-state index >= 15 is 0 Å². The number of nitro benzene ring substituents is 1. The minimum atomic E-state index is -0.702. The van der Waals surface area contributed by atoms with Gasteiger partial charge in [0.25, 0.3) is 11.6 Å². The number of aryl methyl sites for hydroxylation is 3.